The normalized spacial score (nSPS) is 24.6. The molecule has 4 nitrogen and oxygen atoms in total. The Kier molecular flexibility index (Phi) is 3.97. The zero-order valence-electron chi connectivity index (χ0n) is 10.4. The minimum Gasteiger partial charge on any atom is -0.442 e. The van der Waals surface area contributed by atoms with E-state index in [9.17, 15) is 10.0 Å². The molecule has 0 aromatic heterocycles. The third-order valence-corrected chi connectivity index (χ3v) is 2.57. The lowest BCUT2D eigenvalue weighted by molar-refractivity contribution is -0.111. The van der Waals surface area contributed by atoms with Gasteiger partial charge in [-0.1, -0.05) is 19.1 Å². The van der Waals surface area contributed by atoms with Crippen LogP contribution in [0.15, 0.2) is 12.2 Å². The quantitative estimate of drug-likeness (QED) is 0.448. The van der Waals surface area contributed by atoms with Gasteiger partial charge in [0, 0.05) is 0 Å². The van der Waals surface area contributed by atoms with Crippen molar-refractivity contribution in [3.05, 3.63) is 12.2 Å². The first-order valence-electron chi connectivity index (χ1n) is 5.73. The molecule has 92 valence electrons. The zero-order valence-corrected chi connectivity index (χ0v) is 10.4. The molecule has 1 aliphatic carbocycles. The average molecular weight is 227 g/mol. The van der Waals surface area contributed by atoms with E-state index >= 15 is 0 Å². The molecule has 1 aliphatic rings. The SMILES string of the molecule is CC[C@@H]1C=C[C@@H](N(O)C(=O)OC(C)(C)C)C1. The van der Waals surface area contributed by atoms with Gasteiger partial charge in [-0.15, -0.1) is 0 Å². The van der Waals surface area contributed by atoms with Crippen LogP contribution in [0.2, 0.25) is 0 Å². The summed E-state index contributed by atoms with van der Waals surface area (Å²) in [5.41, 5.74) is -0.579. The molecule has 0 radical (unpaired) electrons. The van der Waals surface area contributed by atoms with Crippen LogP contribution in [0, 0.1) is 5.92 Å². The molecule has 2 atom stereocenters. The van der Waals surface area contributed by atoms with E-state index in [0.29, 0.717) is 11.0 Å². The molecule has 0 fully saturated rings. The van der Waals surface area contributed by atoms with Gasteiger partial charge in [0.15, 0.2) is 0 Å². The van der Waals surface area contributed by atoms with Gasteiger partial charge >= 0.3 is 6.09 Å². The number of hydroxylamine groups is 2. The molecule has 0 saturated carbocycles. The highest BCUT2D eigenvalue weighted by atomic mass is 16.6. The van der Waals surface area contributed by atoms with Crippen LogP contribution >= 0.6 is 0 Å². The first-order chi connectivity index (χ1) is 7.33. The summed E-state index contributed by atoms with van der Waals surface area (Å²) in [6, 6.07) is -0.250. The van der Waals surface area contributed by atoms with E-state index < -0.39 is 11.7 Å². The molecule has 0 bridgehead atoms. The smallest absolute Gasteiger partial charge is 0.434 e. The number of allylic oxidation sites excluding steroid dienone is 1. The highest BCUT2D eigenvalue weighted by Gasteiger charge is 2.29. The van der Waals surface area contributed by atoms with Crippen LogP contribution in [0.3, 0.4) is 0 Å². The van der Waals surface area contributed by atoms with Gasteiger partial charge in [0.1, 0.15) is 5.60 Å². The van der Waals surface area contributed by atoms with E-state index in [2.05, 4.69) is 6.92 Å². The van der Waals surface area contributed by atoms with Crippen molar-refractivity contribution in [3.8, 4) is 0 Å². The number of amides is 1. The second-order valence-corrected chi connectivity index (χ2v) is 5.18. The minimum absolute atomic E-state index is 0.250. The van der Waals surface area contributed by atoms with E-state index in [4.69, 9.17) is 4.74 Å². The monoisotopic (exact) mass is 227 g/mol. The van der Waals surface area contributed by atoms with Crippen LogP contribution < -0.4 is 0 Å². The molecule has 16 heavy (non-hydrogen) atoms. The Morgan fingerprint density at radius 2 is 2.12 bits per heavy atom. The summed E-state index contributed by atoms with van der Waals surface area (Å²) in [5.74, 6) is 0.446. The Labute approximate surface area is 96.8 Å². The second-order valence-electron chi connectivity index (χ2n) is 5.18. The van der Waals surface area contributed by atoms with Gasteiger partial charge in [0.05, 0.1) is 6.04 Å². The Balaban J connectivity index is 2.50. The molecule has 0 heterocycles. The Morgan fingerprint density at radius 3 is 2.56 bits per heavy atom. The van der Waals surface area contributed by atoms with Crippen LogP contribution in [0.25, 0.3) is 0 Å². The molecule has 0 saturated heterocycles. The largest absolute Gasteiger partial charge is 0.442 e. The molecule has 0 aromatic rings. The molecular weight excluding hydrogens is 206 g/mol. The molecule has 4 heteroatoms. The minimum atomic E-state index is -0.682. The summed E-state index contributed by atoms with van der Waals surface area (Å²) >= 11 is 0. The third kappa shape index (κ3) is 3.52. The van der Waals surface area contributed by atoms with E-state index in [1.54, 1.807) is 20.8 Å². The molecule has 1 N–H and O–H groups in total. The number of nitrogens with zero attached hydrogens (tertiary/aromatic N) is 1. The van der Waals surface area contributed by atoms with Gasteiger partial charge in [-0.2, -0.15) is 5.06 Å². The highest BCUT2D eigenvalue weighted by Crippen LogP contribution is 2.24. The molecule has 1 rings (SSSR count). The average Bonchev–Trinajstić information content (AvgIpc) is 2.61. The number of rotatable bonds is 2. The summed E-state index contributed by atoms with van der Waals surface area (Å²) in [5, 5.41) is 10.4. The predicted molar refractivity (Wildman–Crippen MR) is 61.2 cm³/mol. The Bertz CT molecular complexity index is 280. The molecule has 0 aliphatic heterocycles. The third-order valence-electron chi connectivity index (χ3n) is 2.57. The topological polar surface area (TPSA) is 49.8 Å². The maximum absolute atomic E-state index is 11.6. The van der Waals surface area contributed by atoms with Crippen molar-refractivity contribution < 1.29 is 14.7 Å². The van der Waals surface area contributed by atoms with Gasteiger partial charge in [-0.25, -0.2) is 4.79 Å². The van der Waals surface area contributed by atoms with Gasteiger partial charge in [-0.3, -0.25) is 5.21 Å². The highest BCUT2D eigenvalue weighted by molar-refractivity contribution is 5.67. The predicted octanol–water partition coefficient (Wildman–Crippen LogP) is 2.97. The van der Waals surface area contributed by atoms with Crippen molar-refractivity contribution in [2.45, 2.75) is 52.2 Å². The number of ether oxygens (including phenoxy) is 1. The van der Waals surface area contributed by atoms with Crippen molar-refractivity contribution in [1.29, 1.82) is 0 Å². The molecule has 0 aromatic carbocycles. The van der Waals surface area contributed by atoms with Crippen molar-refractivity contribution in [2.75, 3.05) is 0 Å². The van der Waals surface area contributed by atoms with E-state index in [-0.39, 0.29) is 6.04 Å². The molecule has 0 unspecified atom stereocenters. The standard InChI is InChI=1S/C12H21NO3/c1-5-9-6-7-10(8-9)13(15)11(14)16-12(2,3)4/h6-7,9-10,15H,5,8H2,1-4H3/t9-,10-/m1/s1. The van der Waals surface area contributed by atoms with Crippen LogP contribution in [0.1, 0.15) is 40.5 Å². The fraction of sp³-hybridized carbons (Fsp3) is 0.750. The lowest BCUT2D eigenvalue weighted by Gasteiger charge is -2.26. The van der Waals surface area contributed by atoms with Crippen LogP contribution in [0.4, 0.5) is 4.79 Å². The zero-order chi connectivity index (χ0) is 12.3. The van der Waals surface area contributed by atoms with E-state index in [0.717, 1.165) is 12.8 Å². The van der Waals surface area contributed by atoms with Crippen molar-refractivity contribution >= 4 is 6.09 Å². The Morgan fingerprint density at radius 1 is 1.50 bits per heavy atom. The summed E-state index contributed by atoms with van der Waals surface area (Å²) in [6.07, 6.45) is 5.01. The number of hydrogen-bond donors (Lipinski definition) is 1. The van der Waals surface area contributed by atoms with Gasteiger partial charge in [-0.05, 0) is 39.5 Å². The second kappa shape index (κ2) is 4.87. The summed E-state index contributed by atoms with van der Waals surface area (Å²) in [7, 11) is 0. The maximum atomic E-state index is 11.6. The van der Waals surface area contributed by atoms with Crippen LogP contribution in [-0.4, -0.2) is 28.0 Å². The fourth-order valence-electron chi connectivity index (χ4n) is 1.68. The lowest BCUT2D eigenvalue weighted by Crippen LogP contribution is -2.39. The first kappa shape index (κ1) is 13.0. The van der Waals surface area contributed by atoms with E-state index in [1.165, 1.54) is 0 Å². The lowest BCUT2D eigenvalue weighted by atomic mass is 10.1. The van der Waals surface area contributed by atoms with E-state index in [1.807, 2.05) is 12.2 Å². The van der Waals surface area contributed by atoms with Gasteiger partial charge in [0.2, 0.25) is 0 Å². The number of carbonyl (C=O) groups is 1. The number of carbonyl (C=O) groups excluding carboxylic acids is 1. The van der Waals surface area contributed by atoms with Crippen molar-refractivity contribution in [3.63, 3.8) is 0 Å². The number of hydrogen-bond acceptors (Lipinski definition) is 3. The van der Waals surface area contributed by atoms with Crippen LogP contribution in [0.5, 0.6) is 0 Å². The summed E-state index contributed by atoms with van der Waals surface area (Å²) in [6.45, 7) is 7.42. The van der Waals surface area contributed by atoms with Crippen molar-refractivity contribution in [2.24, 2.45) is 5.92 Å². The summed E-state index contributed by atoms with van der Waals surface area (Å²) < 4.78 is 5.08. The Hall–Kier alpha value is -1.03. The fourth-order valence-corrected chi connectivity index (χ4v) is 1.68. The van der Waals surface area contributed by atoms with Crippen LogP contribution in [-0.2, 0) is 4.74 Å². The van der Waals surface area contributed by atoms with Gasteiger partial charge < -0.3 is 4.74 Å². The molecule has 1 amide bonds. The molecule has 0 spiro atoms. The molecular formula is C12H21NO3. The summed E-state index contributed by atoms with van der Waals surface area (Å²) in [4.78, 5) is 11.6. The maximum Gasteiger partial charge on any atom is 0.434 e. The van der Waals surface area contributed by atoms with Gasteiger partial charge in [0.25, 0.3) is 0 Å². The van der Waals surface area contributed by atoms with Crippen molar-refractivity contribution in [1.82, 2.24) is 5.06 Å². The first-order valence-corrected chi connectivity index (χ1v) is 5.73.